The molecule has 2 aromatic heterocycles. The Labute approximate surface area is 269 Å². The predicted molar refractivity (Wildman–Crippen MR) is 168 cm³/mol. The number of halogens is 4. The van der Waals surface area contributed by atoms with E-state index in [1.165, 1.54) is 24.9 Å². The van der Waals surface area contributed by atoms with Crippen molar-refractivity contribution in [1.29, 1.82) is 0 Å². The Hall–Kier alpha value is -4.94. The Morgan fingerprint density at radius 1 is 0.894 bits per heavy atom. The van der Waals surface area contributed by atoms with Gasteiger partial charge in [-0.2, -0.15) is 18.2 Å². The van der Waals surface area contributed by atoms with Crippen molar-refractivity contribution >= 4 is 29.3 Å². The van der Waals surface area contributed by atoms with Crippen LogP contribution >= 0.6 is 0 Å². The van der Waals surface area contributed by atoms with Crippen molar-refractivity contribution in [3.05, 3.63) is 101 Å². The summed E-state index contributed by atoms with van der Waals surface area (Å²) in [6.07, 6.45) is -2.07. The molecule has 2 aliphatic heterocycles. The van der Waals surface area contributed by atoms with Crippen molar-refractivity contribution in [2.75, 3.05) is 61.0 Å². The lowest BCUT2D eigenvalue weighted by Crippen LogP contribution is -2.49. The predicted octanol–water partition coefficient (Wildman–Crippen LogP) is 5.78. The number of amides is 2. The summed E-state index contributed by atoms with van der Waals surface area (Å²) in [5, 5.41) is 0. The Morgan fingerprint density at radius 3 is 2.21 bits per heavy atom. The molecule has 2 fully saturated rings. The lowest BCUT2D eigenvalue weighted by atomic mass is 9.90. The summed E-state index contributed by atoms with van der Waals surface area (Å²) in [5.74, 6) is -1.57. The van der Waals surface area contributed by atoms with E-state index in [0.717, 1.165) is 4.90 Å². The minimum atomic E-state index is -4.89. The molecular weight excluding hydrogens is 616 g/mol. The number of hydrogen-bond acceptors (Lipinski definition) is 7. The first-order valence-electron chi connectivity index (χ1n) is 15.5. The van der Waals surface area contributed by atoms with Crippen LogP contribution in [0.1, 0.15) is 46.1 Å². The maximum atomic E-state index is 14.0. The van der Waals surface area contributed by atoms with Crippen LogP contribution in [0, 0.1) is 5.82 Å². The highest BCUT2D eigenvalue weighted by molar-refractivity contribution is 6.04. The second kappa shape index (κ2) is 13.4. The Balaban J connectivity index is 1.08. The van der Waals surface area contributed by atoms with Gasteiger partial charge >= 0.3 is 6.18 Å². The minimum absolute atomic E-state index is 0.0184. The van der Waals surface area contributed by atoms with E-state index < -0.39 is 29.4 Å². The first-order chi connectivity index (χ1) is 22.6. The van der Waals surface area contributed by atoms with Gasteiger partial charge in [-0.25, -0.2) is 9.37 Å². The molecule has 2 saturated heterocycles. The van der Waals surface area contributed by atoms with Gasteiger partial charge in [-0.05, 0) is 48.1 Å². The molecule has 246 valence electrons. The number of nitrogens with zero attached hydrogens (tertiary/aromatic N) is 6. The lowest BCUT2D eigenvalue weighted by molar-refractivity contribution is -0.141. The summed E-state index contributed by atoms with van der Waals surface area (Å²) in [4.78, 5) is 40.6. The van der Waals surface area contributed by atoms with Crippen molar-refractivity contribution < 1.29 is 31.6 Å². The zero-order valence-electron chi connectivity index (χ0n) is 25.8. The van der Waals surface area contributed by atoms with Gasteiger partial charge in [-0.1, -0.05) is 48.5 Å². The highest BCUT2D eigenvalue weighted by Gasteiger charge is 2.43. The number of oxazole rings is 1. The standard InChI is InChI=1S/C34H34F4N6O3/c1-41(26-11-12-28(39-22-26)42-17-19-43(20-18-42)29(45)21-25-9-5-6-10-27(25)35)32(46)30-31(34(36,37)38)40-33(47-30)44-15-13-24(14-16-44)23-7-3-2-4-8-23/h2-12,22,24H,13-21H2,1H3. The lowest BCUT2D eigenvalue weighted by Gasteiger charge is -2.35. The molecule has 2 aliphatic rings. The molecule has 2 amide bonds. The average Bonchev–Trinajstić information content (AvgIpc) is 3.56. The third-order valence-corrected chi connectivity index (χ3v) is 8.80. The van der Waals surface area contributed by atoms with Gasteiger partial charge in [-0.15, -0.1) is 0 Å². The molecule has 0 aliphatic carbocycles. The topological polar surface area (TPSA) is 86.0 Å². The molecule has 4 heterocycles. The van der Waals surface area contributed by atoms with E-state index in [-0.39, 0.29) is 29.9 Å². The second-order valence-electron chi connectivity index (χ2n) is 11.7. The van der Waals surface area contributed by atoms with E-state index in [1.807, 2.05) is 35.2 Å². The third-order valence-electron chi connectivity index (χ3n) is 8.80. The smallest absolute Gasteiger partial charge is 0.417 e. The van der Waals surface area contributed by atoms with Gasteiger partial charge in [0.2, 0.25) is 11.7 Å². The van der Waals surface area contributed by atoms with Gasteiger partial charge in [0.05, 0.1) is 18.3 Å². The van der Waals surface area contributed by atoms with Gasteiger partial charge in [0.1, 0.15) is 11.6 Å². The molecule has 0 spiro atoms. The van der Waals surface area contributed by atoms with Crippen molar-refractivity contribution in [3.63, 3.8) is 0 Å². The van der Waals surface area contributed by atoms with Crippen LogP contribution in [-0.2, 0) is 17.4 Å². The number of piperidine rings is 1. The zero-order valence-corrected chi connectivity index (χ0v) is 25.8. The van der Waals surface area contributed by atoms with Crippen LogP contribution < -0.4 is 14.7 Å². The molecule has 47 heavy (non-hydrogen) atoms. The molecule has 9 nitrogen and oxygen atoms in total. The number of benzene rings is 2. The zero-order chi connectivity index (χ0) is 33.1. The summed E-state index contributed by atoms with van der Waals surface area (Å²) < 4.78 is 61.6. The van der Waals surface area contributed by atoms with Crippen LogP contribution in [0.25, 0.3) is 0 Å². The van der Waals surface area contributed by atoms with Crippen LogP contribution in [0.15, 0.2) is 77.3 Å². The fourth-order valence-electron chi connectivity index (χ4n) is 6.05. The molecule has 2 aromatic carbocycles. The van der Waals surface area contributed by atoms with Gasteiger partial charge in [0.25, 0.3) is 11.9 Å². The highest BCUT2D eigenvalue weighted by Crippen LogP contribution is 2.37. The van der Waals surface area contributed by atoms with E-state index in [0.29, 0.717) is 63.5 Å². The van der Waals surface area contributed by atoms with Gasteiger partial charge in [0.15, 0.2) is 5.69 Å². The Morgan fingerprint density at radius 2 is 1.57 bits per heavy atom. The molecule has 0 saturated carbocycles. The number of pyridine rings is 1. The Kier molecular flexibility index (Phi) is 9.15. The number of hydrogen-bond donors (Lipinski definition) is 0. The van der Waals surface area contributed by atoms with Crippen LogP contribution in [0.2, 0.25) is 0 Å². The maximum absolute atomic E-state index is 14.0. The summed E-state index contributed by atoms with van der Waals surface area (Å²) in [7, 11) is 1.35. The fourth-order valence-corrected chi connectivity index (χ4v) is 6.05. The number of anilines is 3. The number of piperazine rings is 1. The van der Waals surface area contributed by atoms with Crippen molar-refractivity contribution in [1.82, 2.24) is 14.9 Å². The second-order valence-corrected chi connectivity index (χ2v) is 11.7. The van der Waals surface area contributed by atoms with Crippen LogP contribution in [0.5, 0.6) is 0 Å². The quantitative estimate of drug-likeness (QED) is 0.235. The maximum Gasteiger partial charge on any atom is 0.437 e. The summed E-state index contributed by atoms with van der Waals surface area (Å²) in [6.45, 7) is 2.71. The van der Waals surface area contributed by atoms with Gasteiger partial charge < -0.3 is 24.0 Å². The van der Waals surface area contributed by atoms with E-state index in [9.17, 15) is 27.2 Å². The normalized spacial score (nSPS) is 16.0. The van der Waals surface area contributed by atoms with Gasteiger partial charge in [0, 0.05) is 46.3 Å². The van der Waals surface area contributed by atoms with E-state index >= 15 is 0 Å². The number of alkyl halides is 3. The molecule has 0 unspecified atom stereocenters. The molecular formula is C34H34F4N6O3. The number of carbonyl (C=O) groups excluding carboxylic acids is 2. The first kappa shape index (κ1) is 32.0. The molecule has 6 rings (SSSR count). The van der Waals surface area contributed by atoms with Crippen LogP contribution in [0.4, 0.5) is 35.1 Å². The summed E-state index contributed by atoms with van der Waals surface area (Å²) >= 11 is 0. The fraction of sp³-hybridized carbons (Fsp3) is 0.353. The van der Waals surface area contributed by atoms with E-state index in [2.05, 4.69) is 9.97 Å². The van der Waals surface area contributed by atoms with E-state index in [1.54, 1.807) is 40.1 Å². The molecule has 0 N–H and O–H groups in total. The molecule has 13 heteroatoms. The Bertz CT molecular complexity index is 1700. The monoisotopic (exact) mass is 650 g/mol. The van der Waals surface area contributed by atoms with Crippen molar-refractivity contribution in [2.24, 2.45) is 0 Å². The van der Waals surface area contributed by atoms with Crippen molar-refractivity contribution in [2.45, 2.75) is 31.4 Å². The summed E-state index contributed by atoms with van der Waals surface area (Å²) in [5.41, 5.74) is 0.443. The minimum Gasteiger partial charge on any atom is -0.417 e. The molecule has 0 atom stereocenters. The average molecular weight is 651 g/mol. The SMILES string of the molecule is CN(C(=O)c1oc(N2CCC(c3ccccc3)CC2)nc1C(F)(F)F)c1ccc(N2CCN(C(=O)Cc3ccccc3F)CC2)nc1. The highest BCUT2D eigenvalue weighted by atomic mass is 19.4. The van der Waals surface area contributed by atoms with Crippen LogP contribution in [-0.4, -0.2) is 73.0 Å². The first-order valence-corrected chi connectivity index (χ1v) is 15.5. The molecule has 4 aromatic rings. The number of carbonyl (C=O) groups is 2. The van der Waals surface area contributed by atoms with E-state index in [4.69, 9.17) is 4.42 Å². The van der Waals surface area contributed by atoms with Crippen molar-refractivity contribution in [3.8, 4) is 0 Å². The number of aromatic nitrogens is 2. The van der Waals surface area contributed by atoms with Crippen LogP contribution in [0.3, 0.4) is 0 Å². The number of rotatable bonds is 7. The largest absolute Gasteiger partial charge is 0.437 e. The molecule has 0 radical (unpaired) electrons. The third kappa shape index (κ3) is 7.08. The summed E-state index contributed by atoms with van der Waals surface area (Å²) in [6, 6.07) is 19.2. The molecule has 0 bridgehead atoms. The van der Waals surface area contributed by atoms with Gasteiger partial charge in [-0.3, -0.25) is 9.59 Å².